The predicted molar refractivity (Wildman–Crippen MR) is 123 cm³/mol. The monoisotopic (exact) mass is 458 g/mol. The van der Waals surface area contributed by atoms with Gasteiger partial charge in [-0.05, 0) is 64.1 Å². The van der Waals surface area contributed by atoms with Crippen LogP contribution in [-0.4, -0.2) is 33.0 Å². The van der Waals surface area contributed by atoms with Gasteiger partial charge >= 0.3 is 0 Å². The van der Waals surface area contributed by atoms with E-state index >= 15 is 0 Å². The standard InChI is InChI=1S/C23H27FN4O3S/c1-14(2)28-21(15(3)31-18-12-10-17(30-5)11-13-18)26-27-23(28)32-16(4)22(29)25-20-9-7-6-8-19(20)24/h6-16H,1-5H3,(H,25,29). The SMILES string of the molecule is COc1ccc(OC(C)c2nnc(SC(C)C(=O)Nc3ccccc3F)n2C(C)C)cc1. The van der Waals surface area contributed by atoms with E-state index in [1.165, 1.54) is 23.9 Å². The van der Waals surface area contributed by atoms with Crippen LogP contribution in [0.2, 0.25) is 0 Å². The zero-order valence-electron chi connectivity index (χ0n) is 18.7. The Labute approximate surface area is 191 Å². The molecule has 1 heterocycles. The van der Waals surface area contributed by atoms with Crippen molar-refractivity contribution in [3.05, 3.63) is 60.2 Å². The lowest BCUT2D eigenvalue weighted by Crippen LogP contribution is -2.24. The zero-order valence-corrected chi connectivity index (χ0v) is 19.5. The molecule has 1 aromatic heterocycles. The van der Waals surface area contributed by atoms with Crippen LogP contribution in [0.15, 0.2) is 53.7 Å². The molecular weight excluding hydrogens is 431 g/mol. The molecule has 3 aromatic rings. The number of benzene rings is 2. The van der Waals surface area contributed by atoms with Gasteiger partial charge in [0.25, 0.3) is 0 Å². The summed E-state index contributed by atoms with van der Waals surface area (Å²) in [5, 5.41) is 11.3. The number of carbonyl (C=O) groups is 1. The molecule has 0 aliphatic rings. The first-order chi connectivity index (χ1) is 15.3. The molecule has 2 atom stereocenters. The van der Waals surface area contributed by atoms with Crippen molar-refractivity contribution in [2.24, 2.45) is 0 Å². The van der Waals surface area contributed by atoms with Crippen LogP contribution in [0.4, 0.5) is 10.1 Å². The Morgan fingerprint density at radius 1 is 1.03 bits per heavy atom. The highest BCUT2D eigenvalue weighted by atomic mass is 32.2. The topological polar surface area (TPSA) is 78.3 Å². The number of amides is 1. The summed E-state index contributed by atoms with van der Waals surface area (Å²) in [4.78, 5) is 12.6. The first-order valence-electron chi connectivity index (χ1n) is 10.3. The summed E-state index contributed by atoms with van der Waals surface area (Å²) in [5.41, 5.74) is 0.150. The van der Waals surface area contributed by atoms with E-state index in [1.54, 1.807) is 26.2 Å². The van der Waals surface area contributed by atoms with Crippen molar-refractivity contribution in [3.63, 3.8) is 0 Å². The van der Waals surface area contributed by atoms with Crippen LogP contribution in [0.1, 0.15) is 45.7 Å². The molecule has 0 bridgehead atoms. The number of anilines is 1. The number of nitrogens with zero attached hydrogens (tertiary/aromatic N) is 3. The van der Waals surface area contributed by atoms with Gasteiger partial charge in [0.15, 0.2) is 17.1 Å². The minimum Gasteiger partial charge on any atom is -0.497 e. The number of nitrogens with one attached hydrogen (secondary N) is 1. The lowest BCUT2D eigenvalue weighted by Gasteiger charge is -2.20. The minimum absolute atomic E-state index is 0.0475. The molecule has 0 saturated heterocycles. The number of halogens is 1. The van der Waals surface area contributed by atoms with Crippen LogP contribution in [0.3, 0.4) is 0 Å². The van der Waals surface area contributed by atoms with Crippen LogP contribution >= 0.6 is 11.8 Å². The largest absolute Gasteiger partial charge is 0.497 e. The summed E-state index contributed by atoms with van der Waals surface area (Å²) < 4.78 is 27.0. The molecule has 2 aromatic carbocycles. The number of hydrogen-bond acceptors (Lipinski definition) is 6. The summed E-state index contributed by atoms with van der Waals surface area (Å²) >= 11 is 1.26. The van der Waals surface area contributed by atoms with Crippen molar-refractivity contribution in [2.45, 2.75) is 50.2 Å². The average molecular weight is 459 g/mol. The average Bonchev–Trinajstić information content (AvgIpc) is 3.19. The van der Waals surface area contributed by atoms with Gasteiger partial charge in [-0.3, -0.25) is 4.79 Å². The maximum atomic E-state index is 13.9. The van der Waals surface area contributed by atoms with Gasteiger partial charge in [-0.2, -0.15) is 0 Å². The molecule has 9 heteroatoms. The van der Waals surface area contributed by atoms with Gasteiger partial charge in [0.05, 0.1) is 18.0 Å². The van der Waals surface area contributed by atoms with E-state index in [0.29, 0.717) is 16.7 Å². The third kappa shape index (κ3) is 5.59. The van der Waals surface area contributed by atoms with Gasteiger partial charge in [0, 0.05) is 6.04 Å². The summed E-state index contributed by atoms with van der Waals surface area (Å²) in [6.07, 6.45) is -0.366. The number of para-hydroxylation sites is 1. The number of hydrogen-bond donors (Lipinski definition) is 1. The molecule has 3 rings (SSSR count). The van der Waals surface area contributed by atoms with E-state index in [4.69, 9.17) is 9.47 Å². The number of ether oxygens (including phenoxy) is 2. The summed E-state index contributed by atoms with van der Waals surface area (Å²) in [6.45, 7) is 7.68. The lowest BCUT2D eigenvalue weighted by molar-refractivity contribution is -0.115. The number of aromatic nitrogens is 3. The van der Waals surface area contributed by atoms with Crippen LogP contribution in [0.25, 0.3) is 0 Å². The van der Waals surface area contributed by atoms with E-state index in [0.717, 1.165) is 5.75 Å². The Balaban J connectivity index is 1.73. The molecule has 0 aliphatic carbocycles. The Bertz CT molecular complexity index is 1060. The van der Waals surface area contributed by atoms with Gasteiger partial charge in [-0.25, -0.2) is 4.39 Å². The van der Waals surface area contributed by atoms with Crippen molar-refractivity contribution in [1.82, 2.24) is 14.8 Å². The highest BCUT2D eigenvalue weighted by Gasteiger charge is 2.25. The normalized spacial score (nSPS) is 13.0. The second kappa shape index (κ2) is 10.5. The van der Waals surface area contributed by atoms with Crippen LogP contribution in [0, 0.1) is 5.82 Å². The van der Waals surface area contributed by atoms with E-state index in [9.17, 15) is 9.18 Å². The van der Waals surface area contributed by atoms with Crippen LogP contribution < -0.4 is 14.8 Å². The lowest BCUT2D eigenvalue weighted by atomic mass is 10.3. The smallest absolute Gasteiger partial charge is 0.237 e. The molecule has 1 N–H and O–H groups in total. The quantitative estimate of drug-likeness (QED) is 0.441. The summed E-state index contributed by atoms with van der Waals surface area (Å²) in [6, 6.07) is 13.4. The molecule has 2 unspecified atom stereocenters. The van der Waals surface area contributed by atoms with Gasteiger partial charge in [0.2, 0.25) is 5.91 Å². The Morgan fingerprint density at radius 2 is 1.69 bits per heavy atom. The van der Waals surface area contributed by atoms with E-state index in [-0.39, 0.29) is 23.7 Å². The molecule has 170 valence electrons. The molecule has 1 amide bonds. The van der Waals surface area contributed by atoms with Crippen LogP contribution in [-0.2, 0) is 4.79 Å². The van der Waals surface area contributed by atoms with Gasteiger partial charge in [-0.15, -0.1) is 10.2 Å². The van der Waals surface area contributed by atoms with E-state index in [1.807, 2.05) is 49.6 Å². The zero-order chi connectivity index (χ0) is 23.3. The van der Waals surface area contributed by atoms with E-state index < -0.39 is 11.1 Å². The highest BCUT2D eigenvalue weighted by molar-refractivity contribution is 8.00. The number of methoxy groups -OCH3 is 1. The van der Waals surface area contributed by atoms with Gasteiger partial charge < -0.3 is 19.4 Å². The molecular formula is C23H27FN4O3S. The van der Waals surface area contributed by atoms with Crippen LogP contribution in [0.5, 0.6) is 11.5 Å². The van der Waals surface area contributed by atoms with Crippen molar-refractivity contribution < 1.29 is 18.7 Å². The molecule has 0 saturated carbocycles. The van der Waals surface area contributed by atoms with Crippen molar-refractivity contribution in [1.29, 1.82) is 0 Å². The number of thioether (sulfide) groups is 1. The fourth-order valence-corrected chi connectivity index (χ4v) is 4.04. The summed E-state index contributed by atoms with van der Waals surface area (Å²) in [7, 11) is 1.61. The third-order valence-electron chi connectivity index (χ3n) is 4.73. The maximum absolute atomic E-state index is 13.9. The third-order valence-corrected chi connectivity index (χ3v) is 5.78. The molecule has 32 heavy (non-hydrogen) atoms. The first-order valence-corrected chi connectivity index (χ1v) is 11.2. The Kier molecular flexibility index (Phi) is 7.74. The van der Waals surface area contributed by atoms with E-state index in [2.05, 4.69) is 15.5 Å². The second-order valence-corrected chi connectivity index (χ2v) is 8.78. The number of rotatable bonds is 9. The number of carbonyl (C=O) groups excluding carboxylic acids is 1. The maximum Gasteiger partial charge on any atom is 0.237 e. The van der Waals surface area contributed by atoms with Crippen molar-refractivity contribution in [3.8, 4) is 11.5 Å². The second-order valence-electron chi connectivity index (χ2n) is 7.47. The molecule has 0 radical (unpaired) electrons. The molecule has 0 aliphatic heterocycles. The van der Waals surface area contributed by atoms with Gasteiger partial charge in [-0.1, -0.05) is 23.9 Å². The fourth-order valence-electron chi connectivity index (χ4n) is 3.05. The Morgan fingerprint density at radius 3 is 2.31 bits per heavy atom. The molecule has 7 nitrogen and oxygen atoms in total. The Hall–Kier alpha value is -3.07. The van der Waals surface area contributed by atoms with Gasteiger partial charge in [0.1, 0.15) is 17.3 Å². The predicted octanol–water partition coefficient (Wildman–Crippen LogP) is 5.27. The minimum atomic E-state index is -0.512. The first kappa shape index (κ1) is 23.6. The van der Waals surface area contributed by atoms with Crippen molar-refractivity contribution >= 4 is 23.4 Å². The highest BCUT2D eigenvalue weighted by Crippen LogP contribution is 2.30. The molecule has 0 spiro atoms. The summed E-state index contributed by atoms with van der Waals surface area (Å²) in [5.74, 6) is 1.29. The fraction of sp³-hybridized carbons (Fsp3) is 0.348. The molecule has 0 fully saturated rings. The van der Waals surface area contributed by atoms with Crippen molar-refractivity contribution in [2.75, 3.05) is 12.4 Å².